The second-order valence-corrected chi connectivity index (χ2v) is 4.57. The highest BCUT2D eigenvalue weighted by molar-refractivity contribution is 7.80. The van der Waals surface area contributed by atoms with Crippen molar-refractivity contribution in [1.29, 1.82) is 0 Å². The number of hydrogen-bond donors (Lipinski definition) is 1. The number of pyridine rings is 3. The molecule has 92 valence electrons. The molecule has 0 saturated heterocycles. The molecule has 0 aliphatic rings. The third kappa shape index (κ3) is 2.63. The van der Waals surface area contributed by atoms with Gasteiger partial charge >= 0.3 is 0 Å². The zero-order valence-corrected chi connectivity index (χ0v) is 11.0. The minimum absolute atomic E-state index is 0.838. The maximum absolute atomic E-state index is 4.43. The molecule has 3 heterocycles. The summed E-state index contributed by atoms with van der Waals surface area (Å²) in [6.45, 7) is 0. The van der Waals surface area contributed by atoms with Crippen molar-refractivity contribution in [3.05, 3.63) is 61.1 Å². The van der Waals surface area contributed by atoms with Gasteiger partial charge in [-0.3, -0.25) is 15.0 Å². The van der Waals surface area contributed by atoms with Gasteiger partial charge in [-0.15, -0.1) is 12.6 Å². The average molecular weight is 265 g/mol. The maximum atomic E-state index is 4.43. The molecule has 3 nitrogen and oxygen atoms in total. The summed E-state index contributed by atoms with van der Waals surface area (Å²) in [5, 5.41) is 0. The van der Waals surface area contributed by atoms with Gasteiger partial charge in [0.15, 0.2) is 0 Å². The third-order valence-electron chi connectivity index (χ3n) is 2.73. The summed E-state index contributed by atoms with van der Waals surface area (Å²) < 4.78 is 0. The Labute approximate surface area is 116 Å². The summed E-state index contributed by atoms with van der Waals surface area (Å²) in [6.07, 6.45) is 5.30. The van der Waals surface area contributed by atoms with Crippen LogP contribution < -0.4 is 0 Å². The molecule has 0 unspecified atom stereocenters. The van der Waals surface area contributed by atoms with E-state index in [0.717, 1.165) is 27.5 Å². The fourth-order valence-corrected chi connectivity index (χ4v) is 1.90. The van der Waals surface area contributed by atoms with Crippen LogP contribution >= 0.6 is 12.6 Å². The predicted octanol–water partition coefficient (Wildman–Crippen LogP) is 3.49. The quantitative estimate of drug-likeness (QED) is 0.721. The standard InChI is InChI=1S/C15H11N3S/c19-12-5-7-15(18-10-12)14-6-4-11(9-17-14)13-3-1-2-8-16-13/h1-10,19H. The van der Waals surface area contributed by atoms with Gasteiger partial charge in [0, 0.05) is 29.0 Å². The molecule has 19 heavy (non-hydrogen) atoms. The number of thiol groups is 1. The minimum atomic E-state index is 0.838. The van der Waals surface area contributed by atoms with Crippen molar-refractivity contribution in [3.8, 4) is 22.6 Å². The van der Waals surface area contributed by atoms with E-state index in [1.165, 1.54) is 0 Å². The van der Waals surface area contributed by atoms with Crippen LogP contribution in [0.1, 0.15) is 0 Å². The summed E-state index contributed by atoms with van der Waals surface area (Å²) in [4.78, 5) is 13.9. The van der Waals surface area contributed by atoms with Crippen molar-refractivity contribution in [3.63, 3.8) is 0 Å². The van der Waals surface area contributed by atoms with Gasteiger partial charge in [-0.1, -0.05) is 6.07 Å². The van der Waals surface area contributed by atoms with Gasteiger partial charge in [0.05, 0.1) is 17.1 Å². The Bertz CT molecular complexity index is 664. The lowest BCUT2D eigenvalue weighted by atomic mass is 10.1. The van der Waals surface area contributed by atoms with Gasteiger partial charge in [0.1, 0.15) is 0 Å². The van der Waals surface area contributed by atoms with E-state index in [0.29, 0.717) is 0 Å². The minimum Gasteiger partial charge on any atom is -0.256 e. The average Bonchev–Trinajstić information content (AvgIpc) is 2.49. The summed E-state index contributed by atoms with van der Waals surface area (Å²) in [5.74, 6) is 0. The summed E-state index contributed by atoms with van der Waals surface area (Å²) >= 11 is 4.22. The van der Waals surface area contributed by atoms with E-state index in [4.69, 9.17) is 0 Å². The molecule has 0 fully saturated rings. The molecular weight excluding hydrogens is 254 g/mol. The van der Waals surface area contributed by atoms with Crippen LogP contribution in [0.4, 0.5) is 0 Å². The van der Waals surface area contributed by atoms with Crippen LogP contribution in [0, 0.1) is 0 Å². The van der Waals surface area contributed by atoms with Crippen LogP contribution in [0.3, 0.4) is 0 Å². The first-order chi connectivity index (χ1) is 9.33. The van der Waals surface area contributed by atoms with E-state index in [1.54, 1.807) is 12.4 Å². The van der Waals surface area contributed by atoms with E-state index in [9.17, 15) is 0 Å². The van der Waals surface area contributed by atoms with Crippen molar-refractivity contribution in [1.82, 2.24) is 15.0 Å². The van der Waals surface area contributed by atoms with Crippen molar-refractivity contribution < 1.29 is 0 Å². The highest BCUT2D eigenvalue weighted by Gasteiger charge is 2.02. The van der Waals surface area contributed by atoms with E-state index in [2.05, 4.69) is 27.6 Å². The molecule has 0 spiro atoms. The monoisotopic (exact) mass is 265 g/mol. The zero-order valence-electron chi connectivity index (χ0n) is 10.1. The van der Waals surface area contributed by atoms with Gasteiger partial charge in [-0.05, 0) is 36.4 Å². The highest BCUT2D eigenvalue weighted by atomic mass is 32.1. The molecule has 0 N–H and O–H groups in total. The Morgan fingerprint density at radius 3 is 2.05 bits per heavy atom. The van der Waals surface area contributed by atoms with Crippen LogP contribution in [0.15, 0.2) is 66.0 Å². The third-order valence-corrected chi connectivity index (χ3v) is 3.00. The highest BCUT2D eigenvalue weighted by Crippen LogP contribution is 2.20. The SMILES string of the molecule is Sc1ccc(-c2ccc(-c3ccccn3)cn2)nc1. The Hall–Kier alpha value is -2.20. The molecule has 4 heteroatoms. The van der Waals surface area contributed by atoms with Crippen LogP contribution in [-0.2, 0) is 0 Å². The summed E-state index contributed by atoms with van der Waals surface area (Å²) in [6, 6.07) is 13.6. The van der Waals surface area contributed by atoms with E-state index < -0.39 is 0 Å². The second kappa shape index (κ2) is 5.20. The zero-order chi connectivity index (χ0) is 13.1. The lowest BCUT2D eigenvalue weighted by Gasteiger charge is -2.03. The van der Waals surface area contributed by atoms with Crippen molar-refractivity contribution in [2.75, 3.05) is 0 Å². The Kier molecular flexibility index (Phi) is 3.25. The fourth-order valence-electron chi connectivity index (χ4n) is 1.77. The number of hydrogen-bond acceptors (Lipinski definition) is 4. The Morgan fingerprint density at radius 2 is 1.47 bits per heavy atom. The van der Waals surface area contributed by atoms with Crippen molar-refractivity contribution >= 4 is 12.6 Å². The Morgan fingerprint density at radius 1 is 0.684 bits per heavy atom. The van der Waals surface area contributed by atoms with Crippen LogP contribution in [-0.4, -0.2) is 15.0 Å². The fraction of sp³-hybridized carbons (Fsp3) is 0. The lowest BCUT2D eigenvalue weighted by Crippen LogP contribution is -1.88. The Balaban J connectivity index is 1.93. The first-order valence-corrected chi connectivity index (χ1v) is 6.30. The molecule has 0 aromatic carbocycles. The molecule has 0 amide bonds. The molecule has 3 aromatic rings. The number of rotatable bonds is 2. The number of aromatic nitrogens is 3. The van der Waals surface area contributed by atoms with E-state index in [-0.39, 0.29) is 0 Å². The van der Waals surface area contributed by atoms with Crippen LogP contribution in [0.25, 0.3) is 22.6 Å². The van der Waals surface area contributed by atoms with Gasteiger partial charge in [0.2, 0.25) is 0 Å². The maximum Gasteiger partial charge on any atom is 0.0886 e. The lowest BCUT2D eigenvalue weighted by molar-refractivity contribution is 1.20. The molecular formula is C15H11N3S. The van der Waals surface area contributed by atoms with Crippen molar-refractivity contribution in [2.45, 2.75) is 4.90 Å². The number of nitrogens with zero attached hydrogens (tertiary/aromatic N) is 3. The molecule has 0 atom stereocenters. The van der Waals surface area contributed by atoms with Gasteiger partial charge < -0.3 is 0 Å². The largest absolute Gasteiger partial charge is 0.256 e. The topological polar surface area (TPSA) is 38.7 Å². The van der Waals surface area contributed by atoms with Gasteiger partial charge in [-0.25, -0.2) is 0 Å². The predicted molar refractivity (Wildman–Crippen MR) is 78.0 cm³/mol. The molecule has 3 rings (SSSR count). The van der Waals surface area contributed by atoms with Gasteiger partial charge in [-0.2, -0.15) is 0 Å². The molecule has 3 aromatic heterocycles. The second-order valence-electron chi connectivity index (χ2n) is 4.05. The summed E-state index contributed by atoms with van der Waals surface area (Å²) in [7, 11) is 0. The van der Waals surface area contributed by atoms with Crippen LogP contribution in [0.2, 0.25) is 0 Å². The normalized spacial score (nSPS) is 10.4. The first kappa shape index (κ1) is 11.9. The van der Waals surface area contributed by atoms with E-state index >= 15 is 0 Å². The molecule has 0 bridgehead atoms. The summed E-state index contributed by atoms with van der Waals surface area (Å²) in [5.41, 5.74) is 3.59. The van der Waals surface area contributed by atoms with Crippen LogP contribution in [0.5, 0.6) is 0 Å². The first-order valence-electron chi connectivity index (χ1n) is 5.86. The molecule has 0 aliphatic carbocycles. The van der Waals surface area contributed by atoms with E-state index in [1.807, 2.05) is 48.7 Å². The van der Waals surface area contributed by atoms with Gasteiger partial charge in [0.25, 0.3) is 0 Å². The molecule has 0 aliphatic heterocycles. The molecule has 0 radical (unpaired) electrons. The van der Waals surface area contributed by atoms with Crippen molar-refractivity contribution in [2.24, 2.45) is 0 Å². The smallest absolute Gasteiger partial charge is 0.0886 e. The molecule has 0 saturated carbocycles.